The SMILES string of the molecule is Brc1ccc(-c2nc(-c3ccccc3)nc(-c3ccccc3)c2-c2cccnc2)cc1. The van der Waals surface area contributed by atoms with E-state index >= 15 is 0 Å². The number of hydrogen-bond acceptors (Lipinski definition) is 3. The first-order valence-electron chi connectivity index (χ1n) is 9.99. The number of hydrogen-bond donors (Lipinski definition) is 0. The van der Waals surface area contributed by atoms with Gasteiger partial charge in [0.15, 0.2) is 5.82 Å². The Hall–Kier alpha value is -3.63. The topological polar surface area (TPSA) is 38.7 Å². The van der Waals surface area contributed by atoms with E-state index in [1.165, 1.54) is 0 Å². The molecular weight excluding hydrogens is 446 g/mol. The van der Waals surface area contributed by atoms with Crippen LogP contribution in [0.15, 0.2) is 114 Å². The highest BCUT2D eigenvalue weighted by molar-refractivity contribution is 9.10. The minimum atomic E-state index is 0.699. The number of benzene rings is 3. The number of pyridine rings is 1. The van der Waals surface area contributed by atoms with Crippen molar-refractivity contribution in [1.82, 2.24) is 15.0 Å². The maximum absolute atomic E-state index is 5.05. The van der Waals surface area contributed by atoms with Crippen molar-refractivity contribution in [3.63, 3.8) is 0 Å². The van der Waals surface area contributed by atoms with Gasteiger partial charge in [0.1, 0.15) is 0 Å². The van der Waals surface area contributed by atoms with Crippen LogP contribution in [0.4, 0.5) is 0 Å². The van der Waals surface area contributed by atoms with Gasteiger partial charge in [-0.2, -0.15) is 0 Å². The van der Waals surface area contributed by atoms with Gasteiger partial charge >= 0.3 is 0 Å². The second-order valence-electron chi connectivity index (χ2n) is 7.10. The highest BCUT2D eigenvalue weighted by Crippen LogP contribution is 2.39. The van der Waals surface area contributed by atoms with E-state index in [1.54, 1.807) is 6.20 Å². The molecular formula is C27H18BrN3. The molecule has 5 rings (SSSR count). The van der Waals surface area contributed by atoms with E-state index in [0.29, 0.717) is 5.82 Å². The molecule has 5 aromatic rings. The molecule has 0 fully saturated rings. The van der Waals surface area contributed by atoms with Gasteiger partial charge in [-0.05, 0) is 18.2 Å². The second-order valence-corrected chi connectivity index (χ2v) is 8.02. The Bertz CT molecular complexity index is 1300. The minimum absolute atomic E-state index is 0.699. The summed E-state index contributed by atoms with van der Waals surface area (Å²) in [4.78, 5) is 14.5. The van der Waals surface area contributed by atoms with E-state index in [4.69, 9.17) is 9.97 Å². The van der Waals surface area contributed by atoms with Gasteiger partial charge in [0.25, 0.3) is 0 Å². The van der Waals surface area contributed by atoms with E-state index in [1.807, 2.05) is 72.9 Å². The van der Waals surface area contributed by atoms with Crippen LogP contribution in [0.1, 0.15) is 0 Å². The molecule has 0 aliphatic rings. The van der Waals surface area contributed by atoms with Gasteiger partial charge in [0.05, 0.1) is 11.4 Å². The molecule has 4 heteroatoms. The molecule has 0 N–H and O–H groups in total. The van der Waals surface area contributed by atoms with Gasteiger partial charge in [0.2, 0.25) is 0 Å². The van der Waals surface area contributed by atoms with Crippen LogP contribution in [0.2, 0.25) is 0 Å². The van der Waals surface area contributed by atoms with Crippen LogP contribution in [0.3, 0.4) is 0 Å². The van der Waals surface area contributed by atoms with Crippen molar-refractivity contribution in [3.8, 4) is 45.0 Å². The summed E-state index contributed by atoms with van der Waals surface area (Å²) in [6.45, 7) is 0. The lowest BCUT2D eigenvalue weighted by Gasteiger charge is -2.16. The molecule has 0 aliphatic carbocycles. The number of nitrogens with zero attached hydrogens (tertiary/aromatic N) is 3. The van der Waals surface area contributed by atoms with E-state index < -0.39 is 0 Å². The quantitative estimate of drug-likeness (QED) is 0.280. The fourth-order valence-electron chi connectivity index (χ4n) is 3.58. The van der Waals surface area contributed by atoms with Crippen molar-refractivity contribution in [2.75, 3.05) is 0 Å². The van der Waals surface area contributed by atoms with Gasteiger partial charge in [-0.1, -0.05) is 94.8 Å². The standard InChI is InChI=1S/C27H18BrN3/c28-23-15-13-20(14-16-23)26-24(22-12-7-17-29-18-22)25(19-8-3-1-4-9-19)30-27(31-26)21-10-5-2-6-11-21/h1-18H. The first-order chi connectivity index (χ1) is 15.3. The second kappa shape index (κ2) is 8.62. The van der Waals surface area contributed by atoms with Crippen LogP contribution in [-0.4, -0.2) is 15.0 Å². The third kappa shape index (κ3) is 4.03. The highest BCUT2D eigenvalue weighted by Gasteiger charge is 2.20. The molecule has 0 unspecified atom stereocenters. The normalized spacial score (nSPS) is 10.7. The Labute approximate surface area is 189 Å². The number of aromatic nitrogens is 3. The molecule has 0 aliphatic heterocycles. The van der Waals surface area contributed by atoms with Crippen LogP contribution < -0.4 is 0 Å². The van der Waals surface area contributed by atoms with Gasteiger partial charge in [-0.15, -0.1) is 0 Å². The van der Waals surface area contributed by atoms with Crippen LogP contribution in [0, 0.1) is 0 Å². The zero-order valence-electron chi connectivity index (χ0n) is 16.6. The summed E-state index contributed by atoms with van der Waals surface area (Å²) in [5, 5.41) is 0. The fraction of sp³-hybridized carbons (Fsp3) is 0. The predicted octanol–water partition coefficient (Wildman–Crippen LogP) is 7.30. The van der Waals surface area contributed by atoms with Crippen LogP contribution in [0.25, 0.3) is 45.0 Å². The van der Waals surface area contributed by atoms with Gasteiger partial charge < -0.3 is 0 Å². The average molecular weight is 464 g/mol. The van der Waals surface area contributed by atoms with Crippen molar-refractivity contribution >= 4 is 15.9 Å². The van der Waals surface area contributed by atoms with E-state index in [2.05, 4.69) is 51.2 Å². The Balaban J connectivity index is 1.87. The summed E-state index contributed by atoms with van der Waals surface area (Å²) in [7, 11) is 0. The van der Waals surface area contributed by atoms with Crippen LogP contribution in [0.5, 0.6) is 0 Å². The lowest BCUT2D eigenvalue weighted by atomic mass is 9.95. The molecule has 0 spiro atoms. The van der Waals surface area contributed by atoms with Crippen LogP contribution in [-0.2, 0) is 0 Å². The monoisotopic (exact) mass is 463 g/mol. The molecule has 0 radical (unpaired) electrons. The first kappa shape index (κ1) is 19.3. The molecule has 0 bridgehead atoms. The van der Waals surface area contributed by atoms with E-state index in [9.17, 15) is 0 Å². The predicted molar refractivity (Wildman–Crippen MR) is 129 cm³/mol. The molecule has 31 heavy (non-hydrogen) atoms. The first-order valence-corrected chi connectivity index (χ1v) is 10.8. The highest BCUT2D eigenvalue weighted by atomic mass is 79.9. The zero-order chi connectivity index (χ0) is 21.0. The molecule has 3 nitrogen and oxygen atoms in total. The lowest BCUT2D eigenvalue weighted by Crippen LogP contribution is -2.01. The van der Waals surface area contributed by atoms with Crippen molar-refractivity contribution in [3.05, 3.63) is 114 Å². The molecule has 0 saturated heterocycles. The summed E-state index contributed by atoms with van der Waals surface area (Å²) in [6.07, 6.45) is 3.65. The van der Waals surface area contributed by atoms with Crippen molar-refractivity contribution < 1.29 is 0 Å². The largest absolute Gasteiger partial charge is 0.264 e. The van der Waals surface area contributed by atoms with E-state index in [-0.39, 0.29) is 0 Å². The number of rotatable bonds is 4. The van der Waals surface area contributed by atoms with Crippen LogP contribution >= 0.6 is 15.9 Å². The summed E-state index contributed by atoms with van der Waals surface area (Å²) in [5.41, 5.74) is 6.78. The fourth-order valence-corrected chi connectivity index (χ4v) is 3.85. The lowest BCUT2D eigenvalue weighted by molar-refractivity contribution is 1.18. The van der Waals surface area contributed by atoms with Crippen molar-refractivity contribution in [2.24, 2.45) is 0 Å². The van der Waals surface area contributed by atoms with Gasteiger partial charge in [-0.3, -0.25) is 4.98 Å². The summed E-state index contributed by atoms with van der Waals surface area (Å²) in [5.74, 6) is 0.699. The molecule has 0 atom stereocenters. The summed E-state index contributed by atoms with van der Waals surface area (Å²) >= 11 is 3.54. The Morgan fingerprint density at radius 1 is 0.516 bits per heavy atom. The maximum atomic E-state index is 5.05. The van der Waals surface area contributed by atoms with E-state index in [0.717, 1.165) is 43.7 Å². The van der Waals surface area contributed by atoms with Gasteiger partial charge in [0, 0.05) is 44.7 Å². The van der Waals surface area contributed by atoms with Gasteiger partial charge in [-0.25, -0.2) is 9.97 Å². The Kier molecular flexibility index (Phi) is 5.38. The smallest absolute Gasteiger partial charge is 0.160 e. The summed E-state index contributed by atoms with van der Waals surface area (Å²) < 4.78 is 1.03. The van der Waals surface area contributed by atoms with Crippen molar-refractivity contribution in [2.45, 2.75) is 0 Å². The third-order valence-electron chi connectivity index (χ3n) is 5.06. The molecule has 0 amide bonds. The van der Waals surface area contributed by atoms with Crippen molar-refractivity contribution in [1.29, 1.82) is 0 Å². The molecule has 3 aromatic carbocycles. The zero-order valence-corrected chi connectivity index (χ0v) is 18.2. The Morgan fingerprint density at radius 2 is 1.06 bits per heavy atom. The maximum Gasteiger partial charge on any atom is 0.160 e. The Morgan fingerprint density at radius 3 is 1.65 bits per heavy atom. The third-order valence-corrected chi connectivity index (χ3v) is 5.58. The number of halogens is 1. The minimum Gasteiger partial charge on any atom is -0.264 e. The summed E-state index contributed by atoms with van der Waals surface area (Å²) in [6, 6.07) is 32.6. The molecule has 2 aromatic heterocycles. The molecule has 148 valence electrons. The average Bonchev–Trinajstić information content (AvgIpc) is 2.85. The molecule has 0 saturated carbocycles. The molecule has 2 heterocycles.